The average molecular weight is 1120 g/mol. The number of ether oxygens (including phenoxy) is 2. The van der Waals surface area contributed by atoms with Crippen molar-refractivity contribution >= 4 is 11.9 Å². The van der Waals surface area contributed by atoms with Crippen molar-refractivity contribution < 1.29 is 24.2 Å². The zero-order valence-electron chi connectivity index (χ0n) is 53.6. The number of rotatable bonds is 66. The first-order valence-corrected chi connectivity index (χ1v) is 35.5. The number of unbranched alkanes of at least 4 members (excludes halogenated alkanes) is 46. The van der Waals surface area contributed by atoms with E-state index in [1.807, 2.05) is 0 Å². The predicted octanol–water partition coefficient (Wildman–Crippen LogP) is 24.7. The lowest BCUT2D eigenvalue weighted by atomic mass is 10.0. The van der Waals surface area contributed by atoms with Crippen LogP contribution in [0.3, 0.4) is 0 Å². The lowest BCUT2D eigenvalue weighted by molar-refractivity contribution is -0.161. The van der Waals surface area contributed by atoms with Gasteiger partial charge in [0, 0.05) is 12.8 Å². The van der Waals surface area contributed by atoms with Gasteiger partial charge < -0.3 is 14.6 Å². The first kappa shape index (κ1) is 77.3. The molecule has 0 aliphatic heterocycles. The van der Waals surface area contributed by atoms with Gasteiger partial charge in [0.05, 0.1) is 6.61 Å². The molecular formula is C75H136O5. The highest BCUT2D eigenvalue weighted by Gasteiger charge is 2.16. The Morgan fingerprint density at radius 3 is 0.825 bits per heavy atom. The quantitative estimate of drug-likeness (QED) is 0.0373. The first-order chi connectivity index (χ1) is 39.6. The van der Waals surface area contributed by atoms with E-state index in [1.54, 1.807) is 0 Å². The molecule has 1 unspecified atom stereocenters. The second-order valence-corrected chi connectivity index (χ2v) is 23.9. The number of aliphatic hydroxyl groups is 1. The monoisotopic (exact) mass is 1120 g/mol. The van der Waals surface area contributed by atoms with E-state index in [0.717, 1.165) is 70.6 Å². The summed E-state index contributed by atoms with van der Waals surface area (Å²) in [5.74, 6) is -0.571. The Hall–Kier alpha value is -2.66. The van der Waals surface area contributed by atoms with Crippen molar-refractivity contribution in [3.8, 4) is 0 Å². The third-order valence-corrected chi connectivity index (χ3v) is 16.0. The summed E-state index contributed by atoms with van der Waals surface area (Å²) < 4.78 is 10.8. The smallest absolute Gasteiger partial charge is 0.306 e. The Morgan fingerprint density at radius 2 is 0.537 bits per heavy atom. The van der Waals surface area contributed by atoms with Crippen molar-refractivity contribution in [3.63, 3.8) is 0 Å². The summed E-state index contributed by atoms with van der Waals surface area (Å²) in [5.41, 5.74) is 0. The van der Waals surface area contributed by atoms with Crippen LogP contribution in [0.5, 0.6) is 0 Å². The molecule has 0 rings (SSSR count). The molecule has 0 aromatic rings. The Bertz CT molecular complexity index is 1400. The Balaban J connectivity index is 3.41. The number of carbonyl (C=O) groups is 2. The van der Waals surface area contributed by atoms with Gasteiger partial charge >= 0.3 is 11.9 Å². The minimum atomic E-state index is -0.773. The Labute approximate surface area is 499 Å². The van der Waals surface area contributed by atoms with E-state index >= 15 is 0 Å². The minimum absolute atomic E-state index is 0.0622. The van der Waals surface area contributed by atoms with Crippen LogP contribution in [0.4, 0.5) is 0 Å². The molecular weight excluding hydrogens is 981 g/mol. The SMILES string of the molecule is CC/C=C\C/C=C\C/C=C\C/C=C\C/C=C\CCCCCCCCCCCCCCCCCCCC(=O)OC(CO)COC(=O)CCCCCCCCCCCCCCCCCCCCCCC/C=C\CCCCCCCCCC. The summed E-state index contributed by atoms with van der Waals surface area (Å²) in [6.45, 7) is 4.08. The van der Waals surface area contributed by atoms with Crippen LogP contribution in [0.15, 0.2) is 72.9 Å². The van der Waals surface area contributed by atoms with E-state index in [4.69, 9.17) is 9.47 Å². The fourth-order valence-electron chi connectivity index (χ4n) is 10.7. The predicted molar refractivity (Wildman–Crippen MR) is 353 cm³/mol. The second kappa shape index (κ2) is 70.6. The summed E-state index contributed by atoms with van der Waals surface area (Å²) in [6, 6.07) is 0. The van der Waals surface area contributed by atoms with Crippen LogP contribution in [0.2, 0.25) is 0 Å². The lowest BCUT2D eigenvalue weighted by Crippen LogP contribution is -2.28. The molecule has 0 aromatic heterocycles. The molecule has 5 heteroatoms. The number of allylic oxidation sites excluding steroid dienone is 12. The minimum Gasteiger partial charge on any atom is -0.462 e. The van der Waals surface area contributed by atoms with Gasteiger partial charge in [0.15, 0.2) is 6.10 Å². The summed E-state index contributed by atoms with van der Waals surface area (Å²) in [7, 11) is 0. The number of carbonyl (C=O) groups excluding carboxylic acids is 2. The van der Waals surface area contributed by atoms with Crippen LogP contribution < -0.4 is 0 Å². The molecule has 0 fully saturated rings. The maximum Gasteiger partial charge on any atom is 0.306 e. The molecule has 0 spiro atoms. The van der Waals surface area contributed by atoms with Gasteiger partial charge in [0.1, 0.15) is 6.61 Å². The lowest BCUT2D eigenvalue weighted by Gasteiger charge is -2.15. The maximum atomic E-state index is 12.4. The molecule has 0 saturated heterocycles. The average Bonchev–Trinajstić information content (AvgIpc) is 3.46. The number of hydrogen-bond donors (Lipinski definition) is 1. The summed E-state index contributed by atoms with van der Waals surface area (Å²) >= 11 is 0. The van der Waals surface area contributed by atoms with Crippen LogP contribution in [0, 0.1) is 0 Å². The first-order valence-electron chi connectivity index (χ1n) is 35.5. The zero-order valence-corrected chi connectivity index (χ0v) is 53.6. The highest BCUT2D eigenvalue weighted by Crippen LogP contribution is 2.19. The summed E-state index contributed by atoms with van der Waals surface area (Å²) in [4.78, 5) is 24.7. The van der Waals surface area contributed by atoms with Gasteiger partial charge in [0.2, 0.25) is 0 Å². The van der Waals surface area contributed by atoms with Crippen molar-refractivity contribution in [2.45, 2.75) is 380 Å². The molecule has 0 bridgehead atoms. The van der Waals surface area contributed by atoms with E-state index in [-0.39, 0.29) is 25.2 Å². The summed E-state index contributed by atoms with van der Waals surface area (Å²) in [6.07, 6.45) is 98.0. The highest BCUT2D eigenvalue weighted by molar-refractivity contribution is 5.70. The zero-order chi connectivity index (χ0) is 57.6. The van der Waals surface area contributed by atoms with E-state index < -0.39 is 6.10 Å². The standard InChI is InChI=1S/C75H136O5/c1-3-5-7-9-11-13-15-17-19-21-23-25-27-29-31-33-35-37-39-41-43-45-47-49-51-53-55-57-59-61-63-65-67-69-74(77)79-72-73(71-76)80-75(78)70-68-66-64-62-60-58-56-54-52-50-48-46-44-42-40-38-36-34-32-30-28-26-24-22-20-18-16-14-12-10-8-6-4-2/h6,8,12,14,18,20-21,23-24,26,30,32,73,76H,3-5,7,9-11,13,15-17,19,22,25,27-29,31,33-72H2,1-2H3/b8-6-,14-12-,20-18-,23-21-,26-24-,32-30-. The highest BCUT2D eigenvalue weighted by atomic mass is 16.6. The number of hydrogen-bond acceptors (Lipinski definition) is 5. The van der Waals surface area contributed by atoms with Crippen LogP contribution in [-0.2, 0) is 19.1 Å². The molecule has 0 aliphatic rings. The van der Waals surface area contributed by atoms with Gasteiger partial charge in [0.25, 0.3) is 0 Å². The third-order valence-electron chi connectivity index (χ3n) is 16.0. The van der Waals surface area contributed by atoms with Gasteiger partial charge in [-0.05, 0) is 83.5 Å². The van der Waals surface area contributed by atoms with E-state index in [1.165, 1.54) is 276 Å². The Morgan fingerprint density at radius 1 is 0.300 bits per heavy atom. The van der Waals surface area contributed by atoms with Gasteiger partial charge in [-0.2, -0.15) is 0 Å². The molecule has 0 aliphatic carbocycles. The van der Waals surface area contributed by atoms with Crippen molar-refractivity contribution in [2.75, 3.05) is 13.2 Å². The topological polar surface area (TPSA) is 72.8 Å². The van der Waals surface area contributed by atoms with E-state index in [0.29, 0.717) is 12.8 Å². The van der Waals surface area contributed by atoms with Gasteiger partial charge in [-0.1, -0.05) is 350 Å². The van der Waals surface area contributed by atoms with Gasteiger partial charge in [-0.25, -0.2) is 0 Å². The molecule has 0 heterocycles. The molecule has 0 radical (unpaired) electrons. The van der Waals surface area contributed by atoms with Crippen LogP contribution >= 0.6 is 0 Å². The van der Waals surface area contributed by atoms with Gasteiger partial charge in [-0.3, -0.25) is 9.59 Å². The van der Waals surface area contributed by atoms with Crippen LogP contribution in [-0.4, -0.2) is 36.4 Å². The molecule has 1 atom stereocenters. The third kappa shape index (κ3) is 67.8. The molecule has 0 saturated carbocycles. The molecule has 0 aromatic carbocycles. The van der Waals surface area contributed by atoms with Crippen LogP contribution in [0.25, 0.3) is 0 Å². The van der Waals surface area contributed by atoms with E-state index in [9.17, 15) is 14.7 Å². The van der Waals surface area contributed by atoms with Crippen molar-refractivity contribution in [1.29, 1.82) is 0 Å². The van der Waals surface area contributed by atoms with E-state index in [2.05, 4.69) is 86.8 Å². The molecule has 466 valence electrons. The summed E-state index contributed by atoms with van der Waals surface area (Å²) in [5, 5.41) is 9.71. The molecule has 1 N–H and O–H groups in total. The Kier molecular flexibility index (Phi) is 68.3. The van der Waals surface area contributed by atoms with Crippen molar-refractivity contribution in [3.05, 3.63) is 72.9 Å². The second-order valence-electron chi connectivity index (χ2n) is 23.9. The molecule has 5 nitrogen and oxygen atoms in total. The molecule has 0 amide bonds. The largest absolute Gasteiger partial charge is 0.462 e. The fourth-order valence-corrected chi connectivity index (χ4v) is 10.7. The van der Waals surface area contributed by atoms with Crippen molar-refractivity contribution in [2.24, 2.45) is 0 Å². The normalized spacial score (nSPS) is 12.6. The number of esters is 2. The van der Waals surface area contributed by atoms with Crippen LogP contribution in [0.1, 0.15) is 373 Å². The fraction of sp³-hybridized carbons (Fsp3) is 0.813. The molecule has 80 heavy (non-hydrogen) atoms. The van der Waals surface area contributed by atoms with Gasteiger partial charge in [-0.15, -0.1) is 0 Å². The van der Waals surface area contributed by atoms with Crippen molar-refractivity contribution in [1.82, 2.24) is 0 Å². The maximum absolute atomic E-state index is 12.4. The number of aliphatic hydroxyl groups excluding tert-OH is 1.